The maximum Gasteiger partial charge on any atom is 0.267 e. The number of para-hydroxylation sites is 1. The standard InChI is InChI=1S/C22H22N8OS/c1-4-11-28-19(23-26-27-28)13-32-22-25-24-21-29(17-10-9-14(2)12-15(17)3)20(31)16-7-5-6-8-18(16)30(21)22/h5-10,12H,4,11,13H2,1-3H3. The zero-order valence-electron chi connectivity index (χ0n) is 18.1. The summed E-state index contributed by atoms with van der Waals surface area (Å²) in [6, 6.07) is 13.6. The maximum absolute atomic E-state index is 13.5. The number of hydrogen-bond donors (Lipinski definition) is 0. The topological polar surface area (TPSA) is 95.8 Å². The first-order chi connectivity index (χ1) is 15.6. The lowest BCUT2D eigenvalue weighted by molar-refractivity contribution is 0.564. The van der Waals surface area contributed by atoms with E-state index in [4.69, 9.17) is 0 Å². The second kappa shape index (κ2) is 8.19. The highest BCUT2D eigenvalue weighted by Gasteiger charge is 2.19. The number of fused-ring (bicyclic) bond motifs is 3. The second-order valence-electron chi connectivity index (χ2n) is 7.67. The van der Waals surface area contributed by atoms with Gasteiger partial charge in [-0.2, -0.15) is 0 Å². The molecule has 0 saturated heterocycles. The molecule has 0 N–H and O–H groups in total. The van der Waals surface area contributed by atoms with Gasteiger partial charge < -0.3 is 0 Å². The average Bonchev–Trinajstić information content (AvgIpc) is 3.41. The Morgan fingerprint density at radius 1 is 1.03 bits per heavy atom. The molecule has 0 spiro atoms. The molecule has 3 aromatic heterocycles. The minimum absolute atomic E-state index is 0.115. The molecule has 0 bridgehead atoms. The summed E-state index contributed by atoms with van der Waals surface area (Å²) in [6.45, 7) is 6.88. The van der Waals surface area contributed by atoms with E-state index in [1.165, 1.54) is 11.8 Å². The molecule has 5 aromatic rings. The number of benzene rings is 2. The highest BCUT2D eigenvalue weighted by molar-refractivity contribution is 7.98. The van der Waals surface area contributed by atoms with Crippen molar-refractivity contribution in [1.82, 2.24) is 39.4 Å². The summed E-state index contributed by atoms with van der Waals surface area (Å²) in [5.74, 6) is 1.81. The van der Waals surface area contributed by atoms with Crippen molar-refractivity contribution in [1.29, 1.82) is 0 Å². The Labute approximate surface area is 188 Å². The Balaban J connectivity index is 1.69. The van der Waals surface area contributed by atoms with Crippen LogP contribution in [0.1, 0.15) is 30.3 Å². The van der Waals surface area contributed by atoms with Gasteiger partial charge in [-0.15, -0.1) is 15.3 Å². The van der Waals surface area contributed by atoms with Crippen LogP contribution in [0.2, 0.25) is 0 Å². The smallest absolute Gasteiger partial charge is 0.267 e. The first kappa shape index (κ1) is 20.4. The Morgan fingerprint density at radius 2 is 1.88 bits per heavy atom. The highest BCUT2D eigenvalue weighted by atomic mass is 32.2. The van der Waals surface area contributed by atoms with Crippen molar-refractivity contribution in [2.45, 2.75) is 44.6 Å². The third-order valence-electron chi connectivity index (χ3n) is 5.36. The number of thioether (sulfide) groups is 1. The molecule has 0 radical (unpaired) electrons. The van der Waals surface area contributed by atoms with Crippen molar-refractivity contribution in [2.24, 2.45) is 0 Å². The Morgan fingerprint density at radius 3 is 2.69 bits per heavy atom. The van der Waals surface area contributed by atoms with E-state index in [0.29, 0.717) is 22.1 Å². The van der Waals surface area contributed by atoms with Gasteiger partial charge >= 0.3 is 0 Å². The lowest BCUT2D eigenvalue weighted by Gasteiger charge is -2.13. The summed E-state index contributed by atoms with van der Waals surface area (Å²) in [4.78, 5) is 13.5. The predicted octanol–water partition coefficient (Wildman–Crippen LogP) is 3.34. The molecule has 0 aliphatic heterocycles. The van der Waals surface area contributed by atoms with Crippen LogP contribution >= 0.6 is 11.8 Å². The largest absolute Gasteiger partial charge is 0.268 e. The summed E-state index contributed by atoms with van der Waals surface area (Å²) in [6.07, 6.45) is 0.948. The fourth-order valence-electron chi connectivity index (χ4n) is 3.89. The number of nitrogens with zero attached hydrogens (tertiary/aromatic N) is 8. The van der Waals surface area contributed by atoms with Crippen LogP contribution in [-0.2, 0) is 12.3 Å². The quantitative estimate of drug-likeness (QED) is 0.369. The number of tetrazole rings is 1. The van der Waals surface area contributed by atoms with E-state index in [1.54, 1.807) is 9.25 Å². The lowest BCUT2D eigenvalue weighted by atomic mass is 10.1. The Kier molecular flexibility index (Phi) is 5.22. The molecule has 10 heteroatoms. The summed E-state index contributed by atoms with van der Waals surface area (Å²) < 4.78 is 5.39. The van der Waals surface area contributed by atoms with Gasteiger partial charge in [0.1, 0.15) is 0 Å². The van der Waals surface area contributed by atoms with Gasteiger partial charge in [-0.05, 0) is 54.5 Å². The molecule has 0 atom stereocenters. The predicted molar refractivity (Wildman–Crippen MR) is 123 cm³/mol. The monoisotopic (exact) mass is 446 g/mol. The SMILES string of the molecule is CCCn1nnnc1CSc1nnc2n(-c3ccc(C)cc3C)c(=O)c3ccccc3n12. The van der Waals surface area contributed by atoms with Crippen LogP contribution in [0.4, 0.5) is 0 Å². The minimum Gasteiger partial charge on any atom is -0.268 e. The zero-order chi connectivity index (χ0) is 22.2. The number of rotatable bonds is 6. The van der Waals surface area contributed by atoms with E-state index in [-0.39, 0.29) is 5.56 Å². The van der Waals surface area contributed by atoms with Crippen molar-refractivity contribution in [3.8, 4) is 5.69 Å². The Hall–Kier alpha value is -3.53. The number of aryl methyl sites for hydroxylation is 3. The van der Waals surface area contributed by atoms with Gasteiger partial charge in [-0.1, -0.05) is 48.5 Å². The Bertz CT molecular complexity index is 1500. The van der Waals surface area contributed by atoms with Gasteiger partial charge in [-0.3, -0.25) is 9.20 Å². The second-order valence-corrected chi connectivity index (χ2v) is 8.62. The van der Waals surface area contributed by atoms with Gasteiger partial charge in [0.2, 0.25) is 5.78 Å². The summed E-state index contributed by atoms with van der Waals surface area (Å²) in [5, 5.41) is 22.1. The molecule has 0 amide bonds. The summed E-state index contributed by atoms with van der Waals surface area (Å²) in [7, 11) is 0. The van der Waals surface area contributed by atoms with Crippen molar-refractivity contribution in [3.05, 3.63) is 69.8 Å². The van der Waals surface area contributed by atoms with Crippen LogP contribution in [0, 0.1) is 13.8 Å². The van der Waals surface area contributed by atoms with Crippen molar-refractivity contribution in [3.63, 3.8) is 0 Å². The molecule has 5 rings (SSSR count). The van der Waals surface area contributed by atoms with Crippen LogP contribution in [0.5, 0.6) is 0 Å². The maximum atomic E-state index is 13.5. The first-order valence-corrected chi connectivity index (χ1v) is 11.4. The fourth-order valence-corrected chi connectivity index (χ4v) is 4.76. The van der Waals surface area contributed by atoms with Crippen LogP contribution in [0.25, 0.3) is 22.4 Å². The average molecular weight is 447 g/mol. The van der Waals surface area contributed by atoms with Crippen LogP contribution < -0.4 is 5.56 Å². The van der Waals surface area contributed by atoms with E-state index in [0.717, 1.165) is 41.1 Å². The fraction of sp³-hybridized carbons (Fsp3) is 0.273. The summed E-state index contributed by atoms with van der Waals surface area (Å²) in [5.41, 5.74) is 3.59. The molecule has 9 nitrogen and oxygen atoms in total. The molecule has 0 fully saturated rings. The number of aromatic nitrogens is 8. The molecule has 0 saturated carbocycles. The van der Waals surface area contributed by atoms with Gasteiger partial charge in [0, 0.05) is 6.54 Å². The van der Waals surface area contributed by atoms with E-state index >= 15 is 0 Å². The molecule has 0 aliphatic carbocycles. The normalized spacial score (nSPS) is 11.6. The first-order valence-electron chi connectivity index (χ1n) is 10.4. The highest BCUT2D eigenvalue weighted by Crippen LogP contribution is 2.26. The minimum atomic E-state index is -0.115. The van der Waals surface area contributed by atoms with Crippen LogP contribution in [0.15, 0.2) is 52.4 Å². The van der Waals surface area contributed by atoms with Crippen molar-refractivity contribution >= 4 is 28.4 Å². The van der Waals surface area contributed by atoms with Crippen molar-refractivity contribution in [2.75, 3.05) is 0 Å². The van der Waals surface area contributed by atoms with Gasteiger partial charge in [-0.25, -0.2) is 9.25 Å². The van der Waals surface area contributed by atoms with Gasteiger partial charge in [0.25, 0.3) is 5.56 Å². The van der Waals surface area contributed by atoms with Crippen molar-refractivity contribution < 1.29 is 0 Å². The molecular weight excluding hydrogens is 424 g/mol. The van der Waals surface area contributed by atoms with E-state index in [1.807, 2.05) is 54.6 Å². The number of hydrogen-bond acceptors (Lipinski definition) is 7. The zero-order valence-corrected chi connectivity index (χ0v) is 18.9. The molecule has 162 valence electrons. The molecule has 2 aromatic carbocycles. The molecular formula is C22H22N8OS. The van der Waals surface area contributed by atoms with Crippen LogP contribution in [0.3, 0.4) is 0 Å². The summed E-state index contributed by atoms with van der Waals surface area (Å²) >= 11 is 1.50. The van der Waals surface area contributed by atoms with E-state index in [9.17, 15) is 4.79 Å². The molecule has 3 heterocycles. The molecule has 0 unspecified atom stereocenters. The molecule has 0 aliphatic rings. The van der Waals surface area contributed by atoms with Gasteiger partial charge in [0.05, 0.1) is 22.3 Å². The lowest BCUT2D eigenvalue weighted by Crippen LogP contribution is -2.22. The van der Waals surface area contributed by atoms with Crippen LogP contribution in [-0.4, -0.2) is 39.4 Å². The molecule has 32 heavy (non-hydrogen) atoms. The third kappa shape index (κ3) is 3.36. The van der Waals surface area contributed by atoms with Gasteiger partial charge in [0.15, 0.2) is 11.0 Å². The van der Waals surface area contributed by atoms with E-state index in [2.05, 4.69) is 38.7 Å². The van der Waals surface area contributed by atoms with E-state index < -0.39 is 0 Å². The third-order valence-corrected chi connectivity index (χ3v) is 6.28.